The van der Waals surface area contributed by atoms with Crippen LogP contribution >= 0.6 is 11.6 Å². The third kappa shape index (κ3) is 1.27. The van der Waals surface area contributed by atoms with Gasteiger partial charge in [0.2, 0.25) is 0 Å². The standard InChI is InChI=1S/C9H11ClN4/c1-2-7-5(3-11)8(10)6-4-12-14-9(6)13-7/h4H,2-3,11H2,1H3,(H,12,13,14). The molecular weight excluding hydrogens is 200 g/mol. The van der Waals surface area contributed by atoms with Crippen molar-refractivity contribution in [1.82, 2.24) is 15.2 Å². The summed E-state index contributed by atoms with van der Waals surface area (Å²) in [6.45, 7) is 2.44. The van der Waals surface area contributed by atoms with Crippen molar-refractivity contribution in [3.63, 3.8) is 0 Å². The highest BCUT2D eigenvalue weighted by Gasteiger charge is 2.11. The summed E-state index contributed by atoms with van der Waals surface area (Å²) in [5.74, 6) is 0. The van der Waals surface area contributed by atoms with E-state index in [-0.39, 0.29) is 0 Å². The molecule has 74 valence electrons. The van der Waals surface area contributed by atoms with E-state index < -0.39 is 0 Å². The molecule has 0 aliphatic carbocycles. The van der Waals surface area contributed by atoms with E-state index in [0.29, 0.717) is 11.6 Å². The molecule has 4 nitrogen and oxygen atoms in total. The maximum absolute atomic E-state index is 6.19. The minimum atomic E-state index is 0.413. The Morgan fingerprint density at radius 2 is 2.36 bits per heavy atom. The lowest BCUT2D eigenvalue weighted by atomic mass is 10.1. The molecule has 14 heavy (non-hydrogen) atoms. The Hall–Kier alpha value is -1.13. The number of aromatic amines is 1. The van der Waals surface area contributed by atoms with E-state index in [1.54, 1.807) is 6.20 Å². The van der Waals surface area contributed by atoms with Crippen molar-refractivity contribution in [3.05, 3.63) is 22.5 Å². The second-order valence-corrected chi connectivity index (χ2v) is 3.42. The average molecular weight is 211 g/mol. The van der Waals surface area contributed by atoms with Crippen LogP contribution in [0.25, 0.3) is 11.0 Å². The summed E-state index contributed by atoms with van der Waals surface area (Å²) in [7, 11) is 0. The predicted molar refractivity (Wildman–Crippen MR) is 56.2 cm³/mol. The van der Waals surface area contributed by atoms with Gasteiger partial charge in [0.1, 0.15) is 0 Å². The Morgan fingerprint density at radius 3 is 3.00 bits per heavy atom. The van der Waals surface area contributed by atoms with Crippen molar-refractivity contribution >= 4 is 22.6 Å². The van der Waals surface area contributed by atoms with Crippen LogP contribution in [0.5, 0.6) is 0 Å². The lowest BCUT2D eigenvalue weighted by Crippen LogP contribution is -2.04. The zero-order valence-corrected chi connectivity index (χ0v) is 8.60. The van der Waals surface area contributed by atoms with Crippen molar-refractivity contribution in [2.45, 2.75) is 19.9 Å². The van der Waals surface area contributed by atoms with Gasteiger partial charge in [-0.3, -0.25) is 5.10 Å². The highest BCUT2D eigenvalue weighted by molar-refractivity contribution is 6.36. The van der Waals surface area contributed by atoms with Gasteiger partial charge in [0.15, 0.2) is 5.65 Å². The van der Waals surface area contributed by atoms with Crippen LogP contribution in [0, 0.1) is 0 Å². The van der Waals surface area contributed by atoms with Crippen LogP contribution in [0.15, 0.2) is 6.20 Å². The first-order valence-electron chi connectivity index (χ1n) is 4.48. The van der Waals surface area contributed by atoms with E-state index in [1.807, 2.05) is 6.92 Å². The van der Waals surface area contributed by atoms with Crippen LogP contribution < -0.4 is 5.73 Å². The molecule has 0 atom stereocenters. The number of nitrogens with one attached hydrogen (secondary N) is 1. The average Bonchev–Trinajstić information content (AvgIpc) is 2.65. The molecule has 0 amide bonds. The number of fused-ring (bicyclic) bond motifs is 1. The molecule has 0 aliphatic rings. The maximum Gasteiger partial charge on any atom is 0.156 e. The summed E-state index contributed by atoms with van der Waals surface area (Å²) in [6.07, 6.45) is 2.49. The van der Waals surface area contributed by atoms with Crippen LogP contribution in [-0.4, -0.2) is 15.2 Å². The van der Waals surface area contributed by atoms with E-state index in [2.05, 4.69) is 15.2 Å². The number of nitrogens with two attached hydrogens (primary N) is 1. The SMILES string of the molecule is CCc1nc2[nH]ncc2c(Cl)c1CN. The molecule has 0 saturated carbocycles. The number of H-pyrrole nitrogens is 1. The van der Waals surface area contributed by atoms with Gasteiger partial charge < -0.3 is 5.73 Å². The number of hydrogen-bond acceptors (Lipinski definition) is 3. The van der Waals surface area contributed by atoms with Crippen LogP contribution in [-0.2, 0) is 13.0 Å². The number of halogens is 1. The maximum atomic E-state index is 6.19. The molecule has 3 N–H and O–H groups in total. The molecule has 0 spiro atoms. The first kappa shape index (κ1) is 9.43. The van der Waals surface area contributed by atoms with E-state index >= 15 is 0 Å². The quantitative estimate of drug-likeness (QED) is 0.792. The van der Waals surface area contributed by atoms with Gasteiger partial charge >= 0.3 is 0 Å². The molecule has 0 aliphatic heterocycles. The number of hydrogen-bond donors (Lipinski definition) is 2. The molecule has 2 rings (SSSR count). The molecule has 5 heteroatoms. The van der Waals surface area contributed by atoms with E-state index in [9.17, 15) is 0 Å². The summed E-state index contributed by atoms with van der Waals surface area (Å²) in [6, 6.07) is 0. The fourth-order valence-corrected chi connectivity index (χ4v) is 1.84. The van der Waals surface area contributed by atoms with E-state index in [1.165, 1.54) is 0 Å². The number of aryl methyl sites for hydroxylation is 1. The number of rotatable bonds is 2. The Bertz CT molecular complexity index is 463. The zero-order valence-electron chi connectivity index (χ0n) is 7.84. The fourth-order valence-electron chi connectivity index (χ4n) is 1.52. The van der Waals surface area contributed by atoms with Crippen LogP contribution in [0.3, 0.4) is 0 Å². The molecular formula is C9H11ClN4. The highest BCUT2D eigenvalue weighted by Crippen LogP contribution is 2.26. The third-order valence-electron chi connectivity index (χ3n) is 2.25. The first-order chi connectivity index (χ1) is 6.77. The van der Waals surface area contributed by atoms with Crippen molar-refractivity contribution in [3.8, 4) is 0 Å². The number of pyridine rings is 1. The van der Waals surface area contributed by atoms with Gasteiger partial charge in [-0.05, 0) is 6.42 Å². The summed E-state index contributed by atoms with van der Waals surface area (Å²) in [5, 5.41) is 8.21. The van der Waals surface area contributed by atoms with Gasteiger partial charge in [-0.25, -0.2) is 4.98 Å². The van der Waals surface area contributed by atoms with E-state index in [4.69, 9.17) is 17.3 Å². The lowest BCUT2D eigenvalue weighted by molar-refractivity contribution is 0.953. The normalized spacial score (nSPS) is 11.1. The van der Waals surface area contributed by atoms with Gasteiger partial charge in [-0.15, -0.1) is 0 Å². The molecule has 0 unspecified atom stereocenters. The summed E-state index contributed by atoms with van der Waals surface area (Å²) >= 11 is 6.19. The minimum Gasteiger partial charge on any atom is -0.326 e. The van der Waals surface area contributed by atoms with Crippen molar-refractivity contribution in [2.24, 2.45) is 5.73 Å². The molecule has 2 heterocycles. The first-order valence-corrected chi connectivity index (χ1v) is 4.86. The summed E-state index contributed by atoms with van der Waals surface area (Å²) < 4.78 is 0. The molecule has 0 radical (unpaired) electrons. The number of nitrogens with zero attached hydrogens (tertiary/aromatic N) is 2. The Balaban J connectivity index is 2.79. The second-order valence-electron chi connectivity index (χ2n) is 3.04. The lowest BCUT2D eigenvalue weighted by Gasteiger charge is -2.07. The van der Waals surface area contributed by atoms with Crippen molar-refractivity contribution in [1.29, 1.82) is 0 Å². The molecule has 2 aromatic rings. The van der Waals surface area contributed by atoms with Gasteiger partial charge in [-0.2, -0.15) is 5.10 Å². The fraction of sp³-hybridized carbons (Fsp3) is 0.333. The van der Waals surface area contributed by atoms with Gasteiger partial charge in [0, 0.05) is 17.8 Å². The largest absolute Gasteiger partial charge is 0.326 e. The molecule has 2 aromatic heterocycles. The van der Waals surface area contributed by atoms with Crippen molar-refractivity contribution < 1.29 is 0 Å². The Morgan fingerprint density at radius 1 is 1.57 bits per heavy atom. The van der Waals surface area contributed by atoms with Gasteiger partial charge in [0.05, 0.1) is 16.6 Å². The molecule has 0 bridgehead atoms. The second kappa shape index (κ2) is 3.55. The molecule has 0 fully saturated rings. The van der Waals surface area contributed by atoms with Crippen LogP contribution in [0.2, 0.25) is 5.02 Å². The van der Waals surface area contributed by atoms with Gasteiger partial charge in [-0.1, -0.05) is 18.5 Å². The minimum absolute atomic E-state index is 0.413. The summed E-state index contributed by atoms with van der Waals surface area (Å²) in [4.78, 5) is 4.40. The van der Waals surface area contributed by atoms with Crippen LogP contribution in [0.4, 0.5) is 0 Å². The topological polar surface area (TPSA) is 67.6 Å². The smallest absolute Gasteiger partial charge is 0.156 e. The highest BCUT2D eigenvalue weighted by atomic mass is 35.5. The summed E-state index contributed by atoms with van der Waals surface area (Å²) in [5.41, 5.74) is 8.22. The van der Waals surface area contributed by atoms with E-state index in [0.717, 1.165) is 28.7 Å². The Kier molecular flexibility index (Phi) is 2.39. The van der Waals surface area contributed by atoms with Crippen LogP contribution in [0.1, 0.15) is 18.2 Å². The van der Waals surface area contributed by atoms with Gasteiger partial charge in [0.25, 0.3) is 0 Å². The molecule has 0 aromatic carbocycles. The monoisotopic (exact) mass is 210 g/mol. The predicted octanol–water partition coefficient (Wildman–Crippen LogP) is 1.63. The Labute approximate surface area is 86.5 Å². The zero-order chi connectivity index (χ0) is 10.1. The van der Waals surface area contributed by atoms with Crippen molar-refractivity contribution in [2.75, 3.05) is 0 Å². The third-order valence-corrected chi connectivity index (χ3v) is 2.69. The number of aromatic nitrogens is 3. The molecule has 0 saturated heterocycles.